The van der Waals surface area contributed by atoms with Gasteiger partial charge in [0.25, 0.3) is 0 Å². The Hall–Kier alpha value is -2.22. The molecule has 1 aromatic heterocycles. The Labute approximate surface area is 171 Å². The summed E-state index contributed by atoms with van der Waals surface area (Å²) >= 11 is 0. The molecule has 1 saturated heterocycles. The summed E-state index contributed by atoms with van der Waals surface area (Å²) in [7, 11) is 2.12. The maximum absolute atomic E-state index is 13.1. The van der Waals surface area contributed by atoms with Crippen LogP contribution in [0.4, 0.5) is 10.6 Å². The zero-order chi connectivity index (χ0) is 20.4. The number of nitrogens with zero attached hydrogens (tertiary/aromatic N) is 5. The van der Waals surface area contributed by atoms with Gasteiger partial charge < -0.3 is 14.9 Å². The molecule has 8 nitrogen and oxygen atoms in total. The van der Waals surface area contributed by atoms with Crippen molar-refractivity contribution in [2.75, 3.05) is 38.1 Å². The molecule has 2 fully saturated rings. The van der Waals surface area contributed by atoms with Gasteiger partial charge in [-0.15, -0.1) is 0 Å². The van der Waals surface area contributed by atoms with Gasteiger partial charge in [0.15, 0.2) is 5.82 Å². The van der Waals surface area contributed by atoms with E-state index in [0.717, 1.165) is 76.0 Å². The van der Waals surface area contributed by atoms with Crippen LogP contribution < -0.4 is 4.90 Å². The number of rotatable bonds is 5. The molecule has 0 spiro atoms. The number of hydrogen-bond donors (Lipinski definition) is 1. The van der Waals surface area contributed by atoms with E-state index in [-0.39, 0.29) is 18.5 Å². The van der Waals surface area contributed by atoms with E-state index in [1.54, 1.807) is 11.1 Å². The molecule has 1 aliphatic carbocycles. The summed E-state index contributed by atoms with van der Waals surface area (Å²) in [6, 6.07) is 0.301. The molecule has 1 aromatic rings. The zero-order valence-corrected chi connectivity index (χ0v) is 17.2. The van der Waals surface area contributed by atoms with E-state index in [2.05, 4.69) is 16.9 Å². The summed E-state index contributed by atoms with van der Waals surface area (Å²) in [6.45, 7) is 3.35. The highest BCUT2D eigenvalue weighted by Gasteiger charge is 2.37. The molecule has 0 atom stereocenters. The molecule has 3 heterocycles. The highest BCUT2D eigenvalue weighted by Crippen LogP contribution is 2.32. The van der Waals surface area contributed by atoms with Gasteiger partial charge in [0, 0.05) is 51.5 Å². The Kier molecular flexibility index (Phi) is 5.99. The van der Waals surface area contributed by atoms with Crippen LogP contribution in [0.25, 0.3) is 0 Å². The van der Waals surface area contributed by atoms with Crippen molar-refractivity contribution in [1.82, 2.24) is 19.8 Å². The van der Waals surface area contributed by atoms with E-state index in [9.17, 15) is 9.59 Å². The summed E-state index contributed by atoms with van der Waals surface area (Å²) in [5.74, 6) is 0.437. The summed E-state index contributed by atoms with van der Waals surface area (Å²) in [6.07, 6.45) is 8.48. The fourth-order valence-corrected chi connectivity index (χ4v) is 4.86. The number of carbonyl (C=O) groups excluding carboxylic acids is 1. The van der Waals surface area contributed by atoms with Gasteiger partial charge in [-0.25, -0.2) is 9.78 Å². The molecule has 2 aliphatic heterocycles. The molecule has 1 saturated carbocycles. The standard InChI is InChI=1S/C21H31N5O3/c1-24-10-8-17-18(9-11-24)23-19(14-22-17)26-13-12-25(21(26)29)16-5-2-15(3-6-16)4-7-20(27)28/h14-16H,2-13H2,1H3,(H,27,28)/t15-,16-. The van der Waals surface area contributed by atoms with Crippen molar-refractivity contribution in [2.24, 2.45) is 5.92 Å². The lowest BCUT2D eigenvalue weighted by molar-refractivity contribution is -0.137. The predicted octanol–water partition coefficient (Wildman–Crippen LogP) is 2.17. The van der Waals surface area contributed by atoms with Gasteiger partial charge in [0.2, 0.25) is 0 Å². The third kappa shape index (κ3) is 4.52. The van der Waals surface area contributed by atoms with E-state index in [1.165, 1.54) is 0 Å². The maximum atomic E-state index is 13.1. The van der Waals surface area contributed by atoms with Crippen LogP contribution in [0, 0.1) is 5.92 Å². The smallest absolute Gasteiger partial charge is 0.326 e. The van der Waals surface area contributed by atoms with Crippen LogP contribution in [0.1, 0.15) is 49.9 Å². The molecule has 0 aromatic carbocycles. The number of carbonyl (C=O) groups is 2. The van der Waals surface area contributed by atoms with Crippen molar-refractivity contribution in [2.45, 2.75) is 57.4 Å². The van der Waals surface area contributed by atoms with Crippen molar-refractivity contribution in [3.05, 3.63) is 17.6 Å². The average molecular weight is 402 g/mol. The molecule has 29 heavy (non-hydrogen) atoms. The Bertz CT molecular complexity index is 763. The number of carboxylic acids is 1. The fraction of sp³-hybridized carbons (Fsp3) is 0.714. The first-order chi connectivity index (χ1) is 14.0. The first kappa shape index (κ1) is 20.1. The second-order valence-corrected chi connectivity index (χ2v) is 8.66. The van der Waals surface area contributed by atoms with E-state index in [1.807, 2.05) is 4.90 Å². The molecular weight excluding hydrogens is 370 g/mol. The largest absolute Gasteiger partial charge is 0.481 e. The van der Waals surface area contributed by atoms with Crippen LogP contribution in [0.5, 0.6) is 0 Å². The van der Waals surface area contributed by atoms with Gasteiger partial charge in [0.1, 0.15) is 0 Å². The lowest BCUT2D eigenvalue weighted by Crippen LogP contribution is -2.41. The molecule has 1 N–H and O–H groups in total. The average Bonchev–Trinajstić information content (AvgIpc) is 3.00. The first-order valence-corrected chi connectivity index (χ1v) is 10.8. The number of carboxylic acid groups (broad SMARTS) is 1. The van der Waals surface area contributed by atoms with Gasteiger partial charge in [-0.3, -0.25) is 14.7 Å². The minimum absolute atomic E-state index is 0.0407. The molecule has 0 unspecified atom stereocenters. The maximum Gasteiger partial charge on any atom is 0.326 e. The van der Waals surface area contributed by atoms with Gasteiger partial charge in [-0.1, -0.05) is 0 Å². The zero-order valence-electron chi connectivity index (χ0n) is 17.2. The number of urea groups is 1. The molecule has 8 heteroatoms. The number of likely N-dealkylation sites (N-methyl/N-ethyl adjacent to an activating group) is 1. The second-order valence-electron chi connectivity index (χ2n) is 8.66. The van der Waals surface area contributed by atoms with Gasteiger partial charge >= 0.3 is 12.0 Å². The van der Waals surface area contributed by atoms with E-state index < -0.39 is 5.97 Å². The Morgan fingerprint density at radius 2 is 1.83 bits per heavy atom. The van der Waals surface area contributed by atoms with Gasteiger partial charge in [-0.2, -0.15) is 0 Å². The van der Waals surface area contributed by atoms with E-state index in [4.69, 9.17) is 10.1 Å². The summed E-state index contributed by atoms with van der Waals surface area (Å²) in [5, 5.41) is 8.87. The van der Waals surface area contributed by atoms with Gasteiger partial charge in [0.05, 0.1) is 17.6 Å². The Balaban J connectivity index is 1.37. The van der Waals surface area contributed by atoms with Crippen LogP contribution in [0.15, 0.2) is 6.20 Å². The van der Waals surface area contributed by atoms with Crippen LogP contribution in [-0.4, -0.2) is 76.1 Å². The Morgan fingerprint density at radius 1 is 1.10 bits per heavy atom. The summed E-state index contributed by atoms with van der Waals surface area (Å²) in [5.41, 5.74) is 2.08. The van der Waals surface area contributed by atoms with Crippen LogP contribution in [-0.2, 0) is 17.6 Å². The number of aliphatic carboxylic acids is 1. The van der Waals surface area contributed by atoms with E-state index >= 15 is 0 Å². The fourth-order valence-electron chi connectivity index (χ4n) is 4.86. The first-order valence-electron chi connectivity index (χ1n) is 10.8. The predicted molar refractivity (Wildman–Crippen MR) is 109 cm³/mol. The Morgan fingerprint density at radius 3 is 2.55 bits per heavy atom. The van der Waals surface area contributed by atoms with Crippen molar-refractivity contribution >= 4 is 17.8 Å². The normalized spacial score (nSPS) is 25.8. The van der Waals surface area contributed by atoms with Crippen molar-refractivity contribution in [1.29, 1.82) is 0 Å². The molecular formula is C21H31N5O3. The number of fused-ring (bicyclic) bond motifs is 1. The van der Waals surface area contributed by atoms with Crippen molar-refractivity contribution in [3.63, 3.8) is 0 Å². The third-order valence-corrected chi connectivity index (χ3v) is 6.72. The number of aromatic nitrogens is 2. The minimum atomic E-state index is -0.717. The quantitative estimate of drug-likeness (QED) is 0.813. The topological polar surface area (TPSA) is 89.9 Å². The lowest BCUT2D eigenvalue weighted by atomic mass is 9.83. The van der Waals surface area contributed by atoms with Gasteiger partial charge in [-0.05, 0) is 45.1 Å². The number of amides is 2. The molecule has 2 amide bonds. The SMILES string of the molecule is CN1CCc2ncc(N3CCN([C@H]4CC[C@H](CCC(=O)O)CC4)C3=O)nc2CC1. The molecule has 3 aliphatic rings. The molecule has 158 valence electrons. The van der Waals surface area contributed by atoms with Crippen molar-refractivity contribution in [3.8, 4) is 0 Å². The van der Waals surface area contributed by atoms with Crippen LogP contribution >= 0.6 is 0 Å². The van der Waals surface area contributed by atoms with E-state index in [0.29, 0.717) is 18.3 Å². The van der Waals surface area contributed by atoms with Crippen LogP contribution in [0.2, 0.25) is 0 Å². The number of hydrogen-bond acceptors (Lipinski definition) is 5. The summed E-state index contributed by atoms with van der Waals surface area (Å²) < 4.78 is 0. The molecule has 4 rings (SSSR count). The number of anilines is 1. The molecule has 0 radical (unpaired) electrons. The summed E-state index contributed by atoms with van der Waals surface area (Å²) in [4.78, 5) is 39.4. The lowest BCUT2D eigenvalue weighted by Gasteiger charge is -2.34. The van der Waals surface area contributed by atoms with Crippen molar-refractivity contribution < 1.29 is 14.7 Å². The third-order valence-electron chi connectivity index (χ3n) is 6.72. The molecule has 0 bridgehead atoms. The second kappa shape index (κ2) is 8.65. The minimum Gasteiger partial charge on any atom is -0.481 e. The van der Waals surface area contributed by atoms with Crippen LogP contribution in [0.3, 0.4) is 0 Å². The highest BCUT2D eigenvalue weighted by molar-refractivity contribution is 5.93. The highest BCUT2D eigenvalue weighted by atomic mass is 16.4. The monoisotopic (exact) mass is 401 g/mol.